The van der Waals surface area contributed by atoms with Crippen LogP contribution in [0.5, 0.6) is 5.75 Å². The van der Waals surface area contributed by atoms with Crippen molar-refractivity contribution in [3.63, 3.8) is 0 Å². The van der Waals surface area contributed by atoms with Gasteiger partial charge in [-0.15, -0.1) is 0 Å². The fourth-order valence-corrected chi connectivity index (χ4v) is 4.21. The van der Waals surface area contributed by atoms with Crippen LogP contribution < -0.4 is 14.4 Å². The van der Waals surface area contributed by atoms with Crippen molar-refractivity contribution in [2.45, 2.75) is 26.3 Å². The van der Waals surface area contributed by atoms with Crippen LogP contribution in [0.4, 0.5) is 11.4 Å². The Hall–Kier alpha value is -1.96. The summed E-state index contributed by atoms with van der Waals surface area (Å²) in [6.45, 7) is 4.15. The lowest BCUT2D eigenvalue weighted by Crippen LogP contribution is -2.47. The minimum Gasteiger partial charge on any atom is -0.494 e. The molecule has 0 aromatic heterocycles. The van der Waals surface area contributed by atoms with Crippen molar-refractivity contribution in [1.82, 2.24) is 0 Å². The molecular formula is C19H22Cl2N2O4S. The summed E-state index contributed by atoms with van der Waals surface area (Å²) in [6.07, 6.45) is 1.30. The number of hydrogen-bond acceptors (Lipinski definition) is 4. The number of amides is 1. The molecule has 1 unspecified atom stereocenters. The van der Waals surface area contributed by atoms with Crippen LogP contribution >= 0.6 is 23.2 Å². The standard InChI is InChI=1S/C19H22Cl2N2O4S/c1-4-18(19(24)22-13-6-9-15(10-7-13)27-5-2)23(28(3,25)26)14-8-11-16(20)17(21)12-14/h6-12,18H,4-5H2,1-3H3,(H,22,24). The van der Waals surface area contributed by atoms with E-state index in [2.05, 4.69) is 5.32 Å². The fourth-order valence-electron chi connectivity index (χ4n) is 2.71. The van der Waals surface area contributed by atoms with E-state index in [0.717, 1.165) is 10.6 Å². The van der Waals surface area contributed by atoms with Gasteiger partial charge in [-0.1, -0.05) is 30.1 Å². The summed E-state index contributed by atoms with van der Waals surface area (Å²) in [6, 6.07) is 10.3. The summed E-state index contributed by atoms with van der Waals surface area (Å²) in [4.78, 5) is 12.9. The maximum Gasteiger partial charge on any atom is 0.248 e. The molecule has 0 aliphatic heterocycles. The fraction of sp³-hybridized carbons (Fsp3) is 0.316. The molecule has 1 amide bonds. The van der Waals surface area contributed by atoms with Gasteiger partial charge in [-0.3, -0.25) is 9.10 Å². The van der Waals surface area contributed by atoms with Crippen molar-refractivity contribution in [3.05, 3.63) is 52.5 Å². The van der Waals surface area contributed by atoms with Crippen molar-refractivity contribution in [1.29, 1.82) is 0 Å². The van der Waals surface area contributed by atoms with Crippen LogP contribution in [-0.4, -0.2) is 33.2 Å². The second kappa shape index (κ2) is 9.49. The quantitative estimate of drug-likeness (QED) is 0.646. The van der Waals surface area contributed by atoms with Gasteiger partial charge in [-0.2, -0.15) is 0 Å². The van der Waals surface area contributed by atoms with E-state index < -0.39 is 22.0 Å². The van der Waals surface area contributed by atoms with Gasteiger partial charge in [0.25, 0.3) is 0 Å². The number of halogens is 2. The molecular weight excluding hydrogens is 423 g/mol. The Morgan fingerprint density at radius 3 is 2.25 bits per heavy atom. The van der Waals surface area contributed by atoms with Gasteiger partial charge in [0.05, 0.1) is 28.6 Å². The number of hydrogen-bond donors (Lipinski definition) is 1. The van der Waals surface area contributed by atoms with Gasteiger partial charge in [0, 0.05) is 5.69 Å². The highest BCUT2D eigenvalue weighted by Gasteiger charge is 2.31. The number of rotatable bonds is 8. The number of nitrogens with one attached hydrogen (secondary N) is 1. The normalized spacial score (nSPS) is 12.3. The average molecular weight is 445 g/mol. The predicted molar refractivity (Wildman–Crippen MR) is 114 cm³/mol. The first-order valence-corrected chi connectivity index (χ1v) is 11.3. The molecule has 28 heavy (non-hydrogen) atoms. The second-order valence-electron chi connectivity index (χ2n) is 6.03. The number of anilines is 2. The van der Waals surface area contributed by atoms with Gasteiger partial charge < -0.3 is 10.1 Å². The summed E-state index contributed by atoms with van der Waals surface area (Å²) >= 11 is 12.0. The molecule has 0 radical (unpaired) electrons. The first-order valence-electron chi connectivity index (χ1n) is 8.65. The van der Waals surface area contributed by atoms with Crippen molar-refractivity contribution >= 4 is 50.5 Å². The molecule has 0 spiro atoms. The van der Waals surface area contributed by atoms with Crippen LogP contribution in [0.2, 0.25) is 10.0 Å². The van der Waals surface area contributed by atoms with Crippen LogP contribution in [0.3, 0.4) is 0 Å². The minimum atomic E-state index is -3.76. The summed E-state index contributed by atoms with van der Waals surface area (Å²) in [7, 11) is -3.76. The molecule has 152 valence electrons. The molecule has 0 saturated heterocycles. The molecule has 0 bridgehead atoms. The Labute approximate surface area is 175 Å². The zero-order valence-corrected chi connectivity index (χ0v) is 18.1. The van der Waals surface area contributed by atoms with E-state index >= 15 is 0 Å². The van der Waals surface area contributed by atoms with Crippen LogP contribution in [0, 0.1) is 0 Å². The van der Waals surface area contributed by atoms with Gasteiger partial charge in [-0.05, 0) is 55.8 Å². The Morgan fingerprint density at radius 1 is 1.11 bits per heavy atom. The van der Waals surface area contributed by atoms with E-state index in [1.807, 2.05) is 6.92 Å². The highest BCUT2D eigenvalue weighted by atomic mass is 35.5. The Balaban J connectivity index is 2.32. The highest BCUT2D eigenvalue weighted by Crippen LogP contribution is 2.30. The van der Waals surface area contributed by atoms with Crippen molar-refractivity contribution < 1.29 is 17.9 Å². The van der Waals surface area contributed by atoms with E-state index in [-0.39, 0.29) is 17.1 Å². The second-order valence-corrected chi connectivity index (χ2v) is 8.70. The van der Waals surface area contributed by atoms with E-state index in [1.165, 1.54) is 18.2 Å². The summed E-state index contributed by atoms with van der Waals surface area (Å²) < 4.78 is 31.3. The summed E-state index contributed by atoms with van der Waals surface area (Å²) in [5.74, 6) is 0.226. The largest absolute Gasteiger partial charge is 0.494 e. The van der Waals surface area contributed by atoms with Gasteiger partial charge in [0.2, 0.25) is 15.9 Å². The molecule has 0 aliphatic rings. The van der Waals surface area contributed by atoms with Gasteiger partial charge in [0.15, 0.2) is 0 Å². The Kier molecular flexibility index (Phi) is 7.57. The van der Waals surface area contributed by atoms with E-state index in [9.17, 15) is 13.2 Å². The number of nitrogens with zero attached hydrogens (tertiary/aromatic N) is 1. The molecule has 0 heterocycles. The number of carbonyl (C=O) groups excluding carboxylic acids is 1. The molecule has 0 saturated carbocycles. The summed E-state index contributed by atoms with van der Waals surface area (Å²) in [5.41, 5.74) is 0.806. The molecule has 0 aliphatic carbocycles. The number of ether oxygens (including phenoxy) is 1. The number of carbonyl (C=O) groups is 1. The average Bonchev–Trinajstić information content (AvgIpc) is 2.63. The monoisotopic (exact) mass is 444 g/mol. The van der Waals surface area contributed by atoms with Crippen LogP contribution in [0.1, 0.15) is 20.3 Å². The zero-order valence-electron chi connectivity index (χ0n) is 15.8. The topological polar surface area (TPSA) is 75.7 Å². The smallest absolute Gasteiger partial charge is 0.248 e. The van der Waals surface area contributed by atoms with Gasteiger partial charge in [-0.25, -0.2) is 8.42 Å². The number of sulfonamides is 1. The SMILES string of the molecule is CCOc1ccc(NC(=O)C(CC)N(c2ccc(Cl)c(Cl)c2)S(C)(=O)=O)cc1. The van der Waals surface area contributed by atoms with Gasteiger partial charge in [0.1, 0.15) is 11.8 Å². The van der Waals surface area contributed by atoms with Gasteiger partial charge >= 0.3 is 0 Å². The van der Waals surface area contributed by atoms with Crippen molar-refractivity contribution in [3.8, 4) is 5.75 Å². The lowest BCUT2D eigenvalue weighted by Gasteiger charge is -2.30. The van der Waals surface area contributed by atoms with E-state index in [4.69, 9.17) is 27.9 Å². The third-order valence-corrected chi connectivity index (χ3v) is 5.84. The van der Waals surface area contributed by atoms with Crippen molar-refractivity contribution in [2.75, 3.05) is 22.5 Å². The first-order chi connectivity index (χ1) is 13.2. The van der Waals surface area contributed by atoms with E-state index in [0.29, 0.717) is 23.1 Å². The highest BCUT2D eigenvalue weighted by molar-refractivity contribution is 7.92. The third-order valence-electron chi connectivity index (χ3n) is 3.92. The van der Waals surface area contributed by atoms with Crippen LogP contribution in [-0.2, 0) is 14.8 Å². The maximum atomic E-state index is 12.9. The molecule has 2 aromatic rings. The van der Waals surface area contributed by atoms with Crippen LogP contribution in [0.15, 0.2) is 42.5 Å². The molecule has 0 fully saturated rings. The molecule has 1 atom stereocenters. The summed E-state index contributed by atoms with van der Waals surface area (Å²) in [5, 5.41) is 3.25. The molecule has 9 heteroatoms. The van der Waals surface area contributed by atoms with E-state index in [1.54, 1.807) is 31.2 Å². The molecule has 2 aromatic carbocycles. The molecule has 1 N–H and O–H groups in total. The molecule has 2 rings (SSSR count). The lowest BCUT2D eigenvalue weighted by atomic mass is 10.1. The maximum absolute atomic E-state index is 12.9. The minimum absolute atomic E-state index is 0.203. The Morgan fingerprint density at radius 2 is 1.75 bits per heavy atom. The third kappa shape index (κ3) is 5.53. The van der Waals surface area contributed by atoms with Crippen LogP contribution in [0.25, 0.3) is 0 Å². The number of benzene rings is 2. The Bertz CT molecular complexity index is 933. The first kappa shape index (κ1) is 22.3. The zero-order chi connectivity index (χ0) is 20.9. The lowest BCUT2D eigenvalue weighted by molar-refractivity contribution is -0.117. The molecule has 6 nitrogen and oxygen atoms in total. The van der Waals surface area contributed by atoms with Crippen molar-refractivity contribution in [2.24, 2.45) is 0 Å². The predicted octanol–water partition coefficient (Wildman–Crippen LogP) is 4.58.